The molecule has 1 aliphatic heterocycles. The summed E-state index contributed by atoms with van der Waals surface area (Å²) in [5, 5.41) is 18.5. The molecule has 0 radical (unpaired) electrons. The van der Waals surface area contributed by atoms with Crippen LogP contribution in [0.4, 0.5) is 5.69 Å². The number of nitrogens with zero attached hydrogens (tertiary/aromatic N) is 1. The number of carboxylic acid groups (broad SMARTS) is 2. The Morgan fingerprint density at radius 3 is 2.64 bits per heavy atom. The van der Waals surface area contributed by atoms with Gasteiger partial charge in [0.1, 0.15) is 11.8 Å². The fraction of sp³-hybridized carbons (Fsp3) is 0.357. The summed E-state index contributed by atoms with van der Waals surface area (Å²) in [6, 6.07) is 3.32. The number of carbonyl (C=O) groups excluding carboxylic acids is 1. The maximum atomic E-state index is 12.5. The Balaban J connectivity index is 2.52. The molecule has 0 bridgehead atoms. The molecule has 22 heavy (non-hydrogen) atoms. The number of amides is 1. The largest absolute Gasteiger partial charge is 0.481 e. The van der Waals surface area contributed by atoms with Gasteiger partial charge in [-0.05, 0) is 24.6 Å². The van der Waals surface area contributed by atoms with Gasteiger partial charge in [-0.3, -0.25) is 14.5 Å². The zero-order chi connectivity index (χ0) is 16.4. The van der Waals surface area contributed by atoms with Crippen LogP contribution in [-0.4, -0.2) is 40.2 Å². The van der Waals surface area contributed by atoms with Crippen LogP contribution in [0.3, 0.4) is 0 Å². The third-order valence-corrected chi connectivity index (χ3v) is 3.54. The van der Waals surface area contributed by atoms with E-state index in [9.17, 15) is 19.5 Å². The van der Waals surface area contributed by atoms with E-state index in [-0.39, 0.29) is 17.9 Å². The van der Waals surface area contributed by atoms with E-state index in [0.717, 1.165) is 4.90 Å². The minimum atomic E-state index is -1.26. The number of hydrogen-bond acceptors (Lipinski definition) is 4. The number of fused-ring (bicyclic) bond motifs is 1. The Labute approximate surface area is 131 Å². The van der Waals surface area contributed by atoms with Gasteiger partial charge in [0.05, 0.1) is 12.1 Å². The molecule has 8 heteroatoms. The van der Waals surface area contributed by atoms with Crippen molar-refractivity contribution in [3.8, 4) is 5.75 Å². The van der Waals surface area contributed by atoms with E-state index in [2.05, 4.69) is 0 Å². The Hall–Kier alpha value is -2.28. The Bertz CT molecular complexity index is 632. The standard InChI is InChI=1S/C14H14ClNO6/c1-2-8(14(20)21)16-9-5-7(15)3-4-10(9)22-11(13(16)19)6-12(17)18/h3-5,8,11H,2,6H2,1H3,(H,17,18)(H,20,21). The Kier molecular flexibility index (Phi) is 4.56. The van der Waals surface area contributed by atoms with E-state index in [4.69, 9.17) is 21.4 Å². The van der Waals surface area contributed by atoms with Crippen LogP contribution in [0.15, 0.2) is 18.2 Å². The van der Waals surface area contributed by atoms with Crippen LogP contribution in [0.1, 0.15) is 19.8 Å². The molecule has 2 unspecified atom stereocenters. The first-order chi connectivity index (χ1) is 10.3. The first-order valence-corrected chi connectivity index (χ1v) is 6.96. The van der Waals surface area contributed by atoms with Gasteiger partial charge in [-0.25, -0.2) is 4.79 Å². The SMILES string of the molecule is CCC(C(=O)O)N1C(=O)C(CC(=O)O)Oc2ccc(Cl)cc21. The molecule has 1 heterocycles. The lowest BCUT2D eigenvalue weighted by Gasteiger charge is -2.37. The van der Waals surface area contributed by atoms with Gasteiger partial charge in [-0.1, -0.05) is 18.5 Å². The molecule has 0 saturated carbocycles. The highest BCUT2D eigenvalue weighted by atomic mass is 35.5. The molecule has 7 nitrogen and oxygen atoms in total. The normalized spacial score (nSPS) is 18.4. The average molecular weight is 328 g/mol. The van der Waals surface area contributed by atoms with Gasteiger partial charge >= 0.3 is 11.9 Å². The van der Waals surface area contributed by atoms with Crippen molar-refractivity contribution in [1.82, 2.24) is 0 Å². The van der Waals surface area contributed by atoms with Crippen LogP contribution in [0.2, 0.25) is 5.02 Å². The van der Waals surface area contributed by atoms with E-state index in [1.54, 1.807) is 6.92 Å². The van der Waals surface area contributed by atoms with Gasteiger partial charge in [0.25, 0.3) is 5.91 Å². The summed E-state index contributed by atoms with van der Waals surface area (Å²) >= 11 is 5.90. The topological polar surface area (TPSA) is 104 Å². The van der Waals surface area contributed by atoms with E-state index < -0.39 is 36.4 Å². The summed E-state index contributed by atoms with van der Waals surface area (Å²) < 4.78 is 5.39. The second-order valence-corrected chi connectivity index (χ2v) is 5.22. The van der Waals surface area contributed by atoms with E-state index in [0.29, 0.717) is 5.02 Å². The lowest BCUT2D eigenvalue weighted by molar-refractivity contribution is -0.144. The Morgan fingerprint density at radius 1 is 1.41 bits per heavy atom. The monoisotopic (exact) mass is 327 g/mol. The highest BCUT2D eigenvalue weighted by molar-refractivity contribution is 6.31. The molecule has 1 amide bonds. The van der Waals surface area contributed by atoms with Gasteiger partial charge in [-0.15, -0.1) is 0 Å². The molecule has 1 aromatic rings. The first kappa shape index (κ1) is 16.1. The third-order valence-electron chi connectivity index (χ3n) is 3.31. The molecular formula is C14H14ClNO6. The number of carboxylic acids is 2. The average Bonchev–Trinajstić information content (AvgIpc) is 2.43. The molecule has 0 saturated heterocycles. The van der Waals surface area contributed by atoms with Crippen LogP contribution >= 0.6 is 11.6 Å². The van der Waals surface area contributed by atoms with Crippen molar-refractivity contribution in [2.24, 2.45) is 0 Å². The fourth-order valence-electron chi connectivity index (χ4n) is 2.33. The van der Waals surface area contributed by atoms with Crippen molar-refractivity contribution in [1.29, 1.82) is 0 Å². The number of ether oxygens (including phenoxy) is 1. The van der Waals surface area contributed by atoms with Crippen molar-refractivity contribution in [3.63, 3.8) is 0 Å². The molecule has 0 spiro atoms. The summed E-state index contributed by atoms with van der Waals surface area (Å²) in [5.74, 6) is -2.86. The second-order valence-electron chi connectivity index (χ2n) is 4.79. The highest BCUT2D eigenvalue weighted by Gasteiger charge is 2.41. The number of hydrogen-bond donors (Lipinski definition) is 2. The molecule has 118 valence electrons. The number of aliphatic carboxylic acids is 2. The molecule has 2 N–H and O–H groups in total. The number of rotatable bonds is 5. The molecule has 2 rings (SSSR count). The minimum Gasteiger partial charge on any atom is -0.481 e. The maximum Gasteiger partial charge on any atom is 0.326 e. The van der Waals surface area contributed by atoms with E-state index >= 15 is 0 Å². The number of anilines is 1. The van der Waals surface area contributed by atoms with Gasteiger partial charge in [0.2, 0.25) is 0 Å². The molecule has 1 aromatic carbocycles. The molecular weight excluding hydrogens is 314 g/mol. The fourth-order valence-corrected chi connectivity index (χ4v) is 2.50. The Morgan fingerprint density at radius 2 is 2.09 bits per heavy atom. The maximum absolute atomic E-state index is 12.5. The minimum absolute atomic E-state index is 0.160. The predicted octanol–water partition coefficient (Wildman–Crippen LogP) is 1.77. The van der Waals surface area contributed by atoms with Crippen molar-refractivity contribution in [3.05, 3.63) is 23.2 Å². The highest BCUT2D eigenvalue weighted by Crippen LogP contribution is 2.38. The van der Waals surface area contributed by atoms with Crippen LogP contribution in [-0.2, 0) is 14.4 Å². The molecule has 0 aromatic heterocycles. The van der Waals surface area contributed by atoms with E-state index in [1.807, 2.05) is 0 Å². The van der Waals surface area contributed by atoms with Gasteiger partial charge in [0.15, 0.2) is 6.10 Å². The van der Waals surface area contributed by atoms with Crippen LogP contribution in [0, 0.1) is 0 Å². The van der Waals surface area contributed by atoms with Gasteiger partial charge in [-0.2, -0.15) is 0 Å². The smallest absolute Gasteiger partial charge is 0.326 e. The third kappa shape index (κ3) is 2.99. The summed E-state index contributed by atoms with van der Waals surface area (Å²) in [6.45, 7) is 1.62. The lowest BCUT2D eigenvalue weighted by atomic mass is 10.1. The summed E-state index contributed by atoms with van der Waals surface area (Å²) in [5.41, 5.74) is 0.230. The van der Waals surface area contributed by atoms with Crippen molar-refractivity contribution in [2.75, 3.05) is 4.90 Å². The van der Waals surface area contributed by atoms with E-state index in [1.165, 1.54) is 18.2 Å². The molecule has 2 atom stereocenters. The molecule has 0 aliphatic carbocycles. The zero-order valence-electron chi connectivity index (χ0n) is 11.7. The van der Waals surface area contributed by atoms with Crippen LogP contribution in [0.25, 0.3) is 0 Å². The lowest BCUT2D eigenvalue weighted by Crippen LogP contribution is -2.53. The molecule has 0 fully saturated rings. The van der Waals surface area contributed by atoms with Gasteiger partial charge < -0.3 is 14.9 Å². The van der Waals surface area contributed by atoms with Crippen LogP contribution < -0.4 is 9.64 Å². The van der Waals surface area contributed by atoms with Crippen molar-refractivity contribution in [2.45, 2.75) is 31.9 Å². The number of carbonyl (C=O) groups is 3. The first-order valence-electron chi connectivity index (χ1n) is 6.59. The van der Waals surface area contributed by atoms with Crippen LogP contribution in [0.5, 0.6) is 5.75 Å². The summed E-state index contributed by atoms with van der Waals surface area (Å²) in [6.07, 6.45) is -1.65. The number of benzene rings is 1. The van der Waals surface area contributed by atoms with Gasteiger partial charge in [0, 0.05) is 5.02 Å². The van der Waals surface area contributed by atoms with Crippen molar-refractivity contribution >= 4 is 35.1 Å². The summed E-state index contributed by atoms with van der Waals surface area (Å²) in [7, 11) is 0. The quantitative estimate of drug-likeness (QED) is 0.854. The molecule has 1 aliphatic rings. The zero-order valence-corrected chi connectivity index (χ0v) is 12.4. The summed E-state index contributed by atoms with van der Waals surface area (Å²) in [4.78, 5) is 35.8. The van der Waals surface area contributed by atoms with Crippen molar-refractivity contribution < 1.29 is 29.3 Å². The predicted molar refractivity (Wildman–Crippen MR) is 77.3 cm³/mol. The number of halogens is 1. The second kappa shape index (κ2) is 6.23.